The number of rotatable bonds is 3. The van der Waals surface area contributed by atoms with Gasteiger partial charge in [-0.05, 0) is 17.7 Å². The Hall–Kier alpha value is -1.75. The van der Waals surface area contributed by atoms with Crippen LogP contribution in [0.3, 0.4) is 0 Å². The standard InChI is InChI=1S/C11H14N2O3/c1-13(2)12-11(14)6-8-3-4-9-10(5-8)16-7-15-9/h3-5H,6-7H2,1-2H3,(H,12,14). The Kier molecular flexibility index (Phi) is 2.96. The van der Waals surface area contributed by atoms with Crippen LogP contribution in [0, 0.1) is 0 Å². The molecule has 0 unspecified atom stereocenters. The third-order valence-corrected chi connectivity index (χ3v) is 2.15. The fourth-order valence-electron chi connectivity index (χ4n) is 1.53. The van der Waals surface area contributed by atoms with E-state index in [9.17, 15) is 4.79 Å². The van der Waals surface area contributed by atoms with E-state index in [1.165, 1.54) is 0 Å². The van der Waals surface area contributed by atoms with Crippen molar-refractivity contribution in [3.63, 3.8) is 0 Å². The molecule has 86 valence electrons. The van der Waals surface area contributed by atoms with Gasteiger partial charge in [-0.1, -0.05) is 6.07 Å². The van der Waals surface area contributed by atoms with Crippen LogP contribution < -0.4 is 14.9 Å². The zero-order valence-electron chi connectivity index (χ0n) is 9.32. The summed E-state index contributed by atoms with van der Waals surface area (Å²) < 4.78 is 10.4. The van der Waals surface area contributed by atoms with Gasteiger partial charge in [0.1, 0.15) is 0 Å². The monoisotopic (exact) mass is 222 g/mol. The van der Waals surface area contributed by atoms with E-state index in [2.05, 4.69) is 5.43 Å². The van der Waals surface area contributed by atoms with Gasteiger partial charge in [0.2, 0.25) is 12.7 Å². The summed E-state index contributed by atoms with van der Waals surface area (Å²) in [7, 11) is 3.55. The predicted octanol–water partition coefficient (Wildman–Crippen LogP) is 0.551. The van der Waals surface area contributed by atoms with Crippen LogP contribution in [-0.4, -0.2) is 31.8 Å². The van der Waals surface area contributed by atoms with Gasteiger partial charge in [-0.15, -0.1) is 0 Å². The maximum Gasteiger partial charge on any atom is 0.238 e. The van der Waals surface area contributed by atoms with Crippen LogP contribution in [0.2, 0.25) is 0 Å². The molecule has 1 aliphatic rings. The molecule has 0 saturated heterocycles. The molecule has 0 aliphatic carbocycles. The fourth-order valence-corrected chi connectivity index (χ4v) is 1.53. The molecule has 1 heterocycles. The predicted molar refractivity (Wildman–Crippen MR) is 58.1 cm³/mol. The van der Waals surface area contributed by atoms with Gasteiger partial charge in [0.15, 0.2) is 11.5 Å². The number of carbonyl (C=O) groups is 1. The molecule has 0 atom stereocenters. The number of benzene rings is 1. The average molecular weight is 222 g/mol. The summed E-state index contributed by atoms with van der Waals surface area (Å²) in [5.41, 5.74) is 3.59. The Morgan fingerprint density at radius 3 is 2.88 bits per heavy atom. The number of nitrogens with zero attached hydrogens (tertiary/aromatic N) is 1. The Bertz CT molecular complexity index is 404. The average Bonchev–Trinajstić information content (AvgIpc) is 2.63. The minimum Gasteiger partial charge on any atom is -0.454 e. The first-order valence-corrected chi connectivity index (χ1v) is 5.00. The van der Waals surface area contributed by atoms with Crippen LogP contribution >= 0.6 is 0 Å². The lowest BCUT2D eigenvalue weighted by atomic mass is 10.1. The Morgan fingerprint density at radius 2 is 2.12 bits per heavy atom. The molecule has 0 spiro atoms. The molecule has 0 bridgehead atoms. The highest BCUT2D eigenvalue weighted by Crippen LogP contribution is 2.32. The number of nitrogens with one attached hydrogen (secondary N) is 1. The van der Waals surface area contributed by atoms with E-state index in [1.54, 1.807) is 19.1 Å². The van der Waals surface area contributed by atoms with Crippen LogP contribution in [0.25, 0.3) is 0 Å². The molecule has 1 aromatic carbocycles. The Morgan fingerprint density at radius 1 is 1.38 bits per heavy atom. The number of ether oxygens (including phenoxy) is 2. The molecule has 1 N–H and O–H groups in total. The Labute approximate surface area is 93.9 Å². The van der Waals surface area contributed by atoms with E-state index in [0.717, 1.165) is 11.3 Å². The highest BCUT2D eigenvalue weighted by atomic mass is 16.7. The van der Waals surface area contributed by atoms with E-state index in [4.69, 9.17) is 9.47 Å². The molecule has 0 aromatic heterocycles. The van der Waals surface area contributed by atoms with Gasteiger partial charge >= 0.3 is 0 Å². The van der Waals surface area contributed by atoms with Crippen molar-refractivity contribution in [1.29, 1.82) is 0 Å². The van der Waals surface area contributed by atoms with Crippen LogP contribution in [0.5, 0.6) is 11.5 Å². The molecule has 0 fully saturated rings. The van der Waals surface area contributed by atoms with E-state index >= 15 is 0 Å². The smallest absolute Gasteiger partial charge is 0.238 e. The lowest BCUT2D eigenvalue weighted by molar-refractivity contribution is -0.124. The number of carbonyl (C=O) groups excluding carboxylic acids is 1. The van der Waals surface area contributed by atoms with Crippen molar-refractivity contribution in [3.8, 4) is 11.5 Å². The SMILES string of the molecule is CN(C)NC(=O)Cc1ccc2c(c1)OCO2. The summed E-state index contributed by atoms with van der Waals surface area (Å²) in [5, 5.41) is 1.62. The van der Waals surface area contributed by atoms with Gasteiger partial charge < -0.3 is 9.47 Å². The highest BCUT2D eigenvalue weighted by molar-refractivity contribution is 5.78. The normalized spacial score (nSPS) is 12.9. The summed E-state index contributed by atoms with van der Waals surface area (Å²) in [5.74, 6) is 1.38. The molecule has 0 saturated carbocycles. The molecule has 5 nitrogen and oxygen atoms in total. The van der Waals surface area contributed by atoms with Crippen molar-refractivity contribution in [2.75, 3.05) is 20.9 Å². The van der Waals surface area contributed by atoms with E-state index in [1.807, 2.05) is 18.2 Å². The number of hydrazine groups is 1. The topological polar surface area (TPSA) is 50.8 Å². The molecular formula is C11H14N2O3. The second-order valence-corrected chi connectivity index (χ2v) is 3.79. The van der Waals surface area contributed by atoms with Gasteiger partial charge in [-0.2, -0.15) is 0 Å². The fraction of sp³-hybridized carbons (Fsp3) is 0.364. The summed E-state index contributed by atoms with van der Waals surface area (Å²) in [6.07, 6.45) is 0.328. The molecule has 1 aliphatic heterocycles. The lowest BCUT2D eigenvalue weighted by Crippen LogP contribution is -2.37. The number of hydrogen-bond donors (Lipinski definition) is 1. The van der Waals surface area contributed by atoms with Gasteiger partial charge in [-0.25, -0.2) is 5.01 Å². The first kappa shape index (κ1) is 10.8. The second kappa shape index (κ2) is 4.40. The van der Waals surface area contributed by atoms with Crippen LogP contribution in [-0.2, 0) is 11.2 Å². The largest absolute Gasteiger partial charge is 0.454 e. The number of fused-ring (bicyclic) bond motifs is 1. The van der Waals surface area contributed by atoms with Gasteiger partial charge in [-0.3, -0.25) is 10.2 Å². The van der Waals surface area contributed by atoms with E-state index < -0.39 is 0 Å². The van der Waals surface area contributed by atoms with E-state index in [0.29, 0.717) is 12.2 Å². The molecule has 0 radical (unpaired) electrons. The first-order chi connectivity index (χ1) is 7.65. The number of amides is 1. The zero-order valence-corrected chi connectivity index (χ0v) is 9.32. The third-order valence-electron chi connectivity index (χ3n) is 2.15. The quantitative estimate of drug-likeness (QED) is 0.759. The molecule has 16 heavy (non-hydrogen) atoms. The minimum atomic E-state index is -0.0520. The van der Waals surface area contributed by atoms with Crippen molar-refractivity contribution < 1.29 is 14.3 Å². The van der Waals surface area contributed by atoms with Gasteiger partial charge in [0.05, 0.1) is 6.42 Å². The van der Waals surface area contributed by atoms with Gasteiger partial charge in [0, 0.05) is 14.1 Å². The third kappa shape index (κ3) is 2.43. The van der Waals surface area contributed by atoms with Crippen molar-refractivity contribution in [3.05, 3.63) is 23.8 Å². The summed E-state index contributed by atoms with van der Waals surface area (Å²) in [4.78, 5) is 11.5. The Balaban J connectivity index is 2.02. The highest BCUT2D eigenvalue weighted by Gasteiger charge is 2.14. The van der Waals surface area contributed by atoms with Crippen LogP contribution in [0.15, 0.2) is 18.2 Å². The van der Waals surface area contributed by atoms with Crippen molar-refractivity contribution >= 4 is 5.91 Å². The number of hydrogen-bond acceptors (Lipinski definition) is 4. The van der Waals surface area contributed by atoms with Crippen molar-refractivity contribution in [2.45, 2.75) is 6.42 Å². The molecule has 1 aromatic rings. The molecule has 5 heteroatoms. The maximum atomic E-state index is 11.5. The molecule has 2 rings (SSSR count). The molecule has 1 amide bonds. The summed E-state index contributed by atoms with van der Waals surface area (Å²) >= 11 is 0. The first-order valence-electron chi connectivity index (χ1n) is 5.00. The van der Waals surface area contributed by atoms with Crippen LogP contribution in [0.1, 0.15) is 5.56 Å². The summed E-state index contributed by atoms with van der Waals surface area (Å²) in [6, 6.07) is 5.51. The second-order valence-electron chi connectivity index (χ2n) is 3.79. The van der Waals surface area contributed by atoms with Crippen LogP contribution in [0.4, 0.5) is 0 Å². The van der Waals surface area contributed by atoms with Crippen molar-refractivity contribution in [1.82, 2.24) is 10.4 Å². The zero-order chi connectivity index (χ0) is 11.5. The lowest BCUT2D eigenvalue weighted by Gasteiger charge is -2.11. The minimum absolute atomic E-state index is 0.0520. The maximum absolute atomic E-state index is 11.5. The molecular weight excluding hydrogens is 208 g/mol. The van der Waals surface area contributed by atoms with Gasteiger partial charge in [0.25, 0.3) is 0 Å². The summed E-state index contributed by atoms with van der Waals surface area (Å²) in [6.45, 7) is 0.253. The van der Waals surface area contributed by atoms with E-state index in [-0.39, 0.29) is 12.7 Å². The van der Waals surface area contributed by atoms with Crippen molar-refractivity contribution in [2.24, 2.45) is 0 Å².